The molecule has 1 atom stereocenters. The highest BCUT2D eigenvalue weighted by Gasteiger charge is 2.26. The first-order chi connectivity index (χ1) is 11.0. The lowest BCUT2D eigenvalue weighted by atomic mass is 9.98. The fraction of sp³-hybridized carbons (Fsp3) is 0.0625. The van der Waals surface area contributed by atoms with Crippen molar-refractivity contribution in [3.05, 3.63) is 80.7 Å². The summed E-state index contributed by atoms with van der Waals surface area (Å²) in [7, 11) is 0. The highest BCUT2D eigenvalue weighted by molar-refractivity contribution is 6.30. The molecule has 0 aliphatic carbocycles. The Morgan fingerprint density at radius 3 is 2.74 bits per heavy atom. The van der Waals surface area contributed by atoms with Crippen molar-refractivity contribution < 1.29 is 14.4 Å². The van der Waals surface area contributed by atoms with Gasteiger partial charge in [0.25, 0.3) is 0 Å². The number of pyridine rings is 1. The molecule has 0 aliphatic rings. The number of aliphatic hydroxyl groups is 1. The van der Waals surface area contributed by atoms with Crippen LogP contribution in [0.25, 0.3) is 10.9 Å². The normalized spacial score (nSPS) is 12.3. The van der Waals surface area contributed by atoms with Crippen molar-refractivity contribution in [1.82, 2.24) is 4.98 Å². The van der Waals surface area contributed by atoms with E-state index in [0.717, 1.165) is 6.07 Å². The number of hydrogen-bond acceptors (Lipinski definition) is 4. The molecule has 0 amide bonds. The Labute approximate surface area is 135 Å². The maximum atomic E-state index is 13.2. The number of nitro benzene ring substituents is 1. The van der Waals surface area contributed by atoms with Crippen LogP contribution < -0.4 is 0 Å². The van der Waals surface area contributed by atoms with Crippen molar-refractivity contribution in [1.29, 1.82) is 0 Å². The van der Waals surface area contributed by atoms with Crippen LogP contribution in [0.15, 0.2) is 48.7 Å². The predicted molar refractivity (Wildman–Crippen MR) is 83.9 cm³/mol. The summed E-state index contributed by atoms with van der Waals surface area (Å²) in [5, 5.41) is 22.4. The minimum absolute atomic E-state index is 0.0730. The fourth-order valence-corrected chi connectivity index (χ4v) is 2.61. The van der Waals surface area contributed by atoms with E-state index in [2.05, 4.69) is 4.98 Å². The first-order valence-corrected chi connectivity index (χ1v) is 7.02. The smallest absolute Gasteiger partial charge is 0.301 e. The number of benzene rings is 2. The summed E-state index contributed by atoms with van der Waals surface area (Å²) in [6.45, 7) is 0. The van der Waals surface area contributed by atoms with Gasteiger partial charge < -0.3 is 5.11 Å². The molecule has 0 radical (unpaired) electrons. The van der Waals surface area contributed by atoms with Gasteiger partial charge >= 0.3 is 5.69 Å². The van der Waals surface area contributed by atoms with Gasteiger partial charge in [0.2, 0.25) is 0 Å². The van der Waals surface area contributed by atoms with Gasteiger partial charge in [-0.25, -0.2) is 9.37 Å². The number of nitro groups is 1. The van der Waals surface area contributed by atoms with E-state index >= 15 is 0 Å². The van der Waals surface area contributed by atoms with Gasteiger partial charge in [-0.15, -0.1) is 0 Å². The van der Waals surface area contributed by atoms with Gasteiger partial charge in [0, 0.05) is 11.6 Å². The van der Waals surface area contributed by atoms with Gasteiger partial charge in [0.1, 0.15) is 17.4 Å². The van der Waals surface area contributed by atoms with Crippen LogP contribution in [-0.4, -0.2) is 15.0 Å². The molecule has 5 nitrogen and oxygen atoms in total. The van der Waals surface area contributed by atoms with Gasteiger partial charge in [-0.1, -0.05) is 29.8 Å². The van der Waals surface area contributed by atoms with Crippen molar-refractivity contribution in [2.45, 2.75) is 6.10 Å². The van der Waals surface area contributed by atoms with E-state index in [-0.39, 0.29) is 27.4 Å². The number of aliphatic hydroxyl groups excluding tert-OH is 1. The second-order valence-corrected chi connectivity index (χ2v) is 5.32. The Morgan fingerprint density at radius 1 is 1.26 bits per heavy atom. The average Bonchev–Trinajstić information content (AvgIpc) is 2.55. The topological polar surface area (TPSA) is 76.3 Å². The zero-order valence-corrected chi connectivity index (χ0v) is 12.4. The third-order valence-electron chi connectivity index (χ3n) is 3.52. The molecule has 2 aromatic carbocycles. The monoisotopic (exact) mass is 332 g/mol. The lowest BCUT2D eigenvalue weighted by Crippen LogP contribution is -2.05. The highest BCUT2D eigenvalue weighted by atomic mass is 35.5. The first kappa shape index (κ1) is 15.3. The van der Waals surface area contributed by atoms with Crippen molar-refractivity contribution in [3.8, 4) is 0 Å². The predicted octanol–water partition coefficient (Wildman–Crippen LogP) is 4.02. The van der Waals surface area contributed by atoms with Crippen LogP contribution in [0.2, 0.25) is 5.02 Å². The van der Waals surface area contributed by atoms with Crippen LogP contribution in [0.4, 0.5) is 10.1 Å². The molecule has 0 aliphatic heterocycles. The van der Waals surface area contributed by atoms with Gasteiger partial charge in [-0.3, -0.25) is 10.1 Å². The summed E-state index contributed by atoms with van der Waals surface area (Å²) in [5.74, 6) is -0.628. The molecule has 3 rings (SSSR count). The quantitative estimate of drug-likeness (QED) is 0.580. The summed E-state index contributed by atoms with van der Waals surface area (Å²) in [6, 6.07) is 10.1. The van der Waals surface area contributed by atoms with E-state index in [1.807, 2.05) is 0 Å². The van der Waals surface area contributed by atoms with Crippen molar-refractivity contribution in [2.24, 2.45) is 0 Å². The molecule has 1 heterocycles. The molecular formula is C16H10ClFN2O3. The minimum Gasteiger partial charge on any atom is -0.383 e. The van der Waals surface area contributed by atoms with E-state index in [9.17, 15) is 19.6 Å². The maximum absolute atomic E-state index is 13.2. The Bertz CT molecular complexity index is 917. The van der Waals surface area contributed by atoms with Crippen molar-refractivity contribution in [2.75, 3.05) is 0 Å². The molecule has 0 fully saturated rings. The standard InChI is InChI=1S/C16H10ClFN2O3/c17-12-8-10(4-6-13(12)18)16(21)11-5-3-9-2-1-7-19-14(9)15(11)20(22)23/h1-8,16,21H. The summed E-state index contributed by atoms with van der Waals surface area (Å²) in [6.07, 6.45) is 0.125. The number of aromatic nitrogens is 1. The van der Waals surface area contributed by atoms with E-state index in [1.165, 1.54) is 24.4 Å². The lowest BCUT2D eigenvalue weighted by molar-refractivity contribution is -0.384. The van der Waals surface area contributed by atoms with Crippen LogP contribution in [0.5, 0.6) is 0 Å². The van der Waals surface area contributed by atoms with Crippen molar-refractivity contribution >= 4 is 28.2 Å². The average molecular weight is 333 g/mol. The molecule has 1 aromatic heterocycles. The lowest BCUT2D eigenvalue weighted by Gasteiger charge is -2.13. The molecule has 1 unspecified atom stereocenters. The van der Waals surface area contributed by atoms with Crippen LogP contribution in [-0.2, 0) is 0 Å². The highest BCUT2D eigenvalue weighted by Crippen LogP contribution is 2.35. The van der Waals surface area contributed by atoms with E-state index in [4.69, 9.17) is 11.6 Å². The maximum Gasteiger partial charge on any atom is 0.301 e. The number of fused-ring (bicyclic) bond motifs is 1. The summed E-state index contributed by atoms with van der Waals surface area (Å²) < 4.78 is 13.2. The Kier molecular flexibility index (Phi) is 3.94. The molecule has 7 heteroatoms. The number of halogens is 2. The van der Waals surface area contributed by atoms with E-state index < -0.39 is 16.8 Å². The first-order valence-electron chi connectivity index (χ1n) is 6.64. The Hall–Kier alpha value is -2.57. The van der Waals surface area contributed by atoms with Crippen molar-refractivity contribution in [3.63, 3.8) is 0 Å². The largest absolute Gasteiger partial charge is 0.383 e. The van der Waals surface area contributed by atoms with Gasteiger partial charge in [-0.05, 0) is 29.8 Å². The van der Waals surface area contributed by atoms with E-state index in [0.29, 0.717) is 5.39 Å². The fourth-order valence-electron chi connectivity index (χ4n) is 2.42. The molecule has 23 heavy (non-hydrogen) atoms. The number of nitrogens with zero attached hydrogens (tertiary/aromatic N) is 2. The molecule has 1 N–H and O–H groups in total. The summed E-state index contributed by atoms with van der Waals surface area (Å²) in [4.78, 5) is 14.9. The number of hydrogen-bond donors (Lipinski definition) is 1. The summed E-state index contributed by atoms with van der Waals surface area (Å²) in [5.41, 5.74) is 0.233. The second kappa shape index (κ2) is 5.91. The van der Waals surface area contributed by atoms with Crippen LogP contribution in [0.3, 0.4) is 0 Å². The molecular weight excluding hydrogens is 323 g/mol. The van der Waals surface area contributed by atoms with Gasteiger partial charge in [-0.2, -0.15) is 0 Å². The minimum atomic E-state index is -1.32. The SMILES string of the molecule is O=[N+]([O-])c1c(C(O)c2ccc(F)c(Cl)c2)ccc2cccnc12. The Balaban J connectivity index is 2.20. The van der Waals surface area contributed by atoms with Gasteiger partial charge in [0.05, 0.1) is 15.5 Å². The van der Waals surface area contributed by atoms with Crippen LogP contribution in [0, 0.1) is 15.9 Å². The third-order valence-corrected chi connectivity index (χ3v) is 3.81. The zero-order valence-electron chi connectivity index (χ0n) is 11.6. The number of rotatable bonds is 3. The van der Waals surface area contributed by atoms with Gasteiger partial charge in [0.15, 0.2) is 0 Å². The van der Waals surface area contributed by atoms with Crippen LogP contribution >= 0.6 is 11.6 Å². The molecule has 3 aromatic rings. The molecule has 116 valence electrons. The second-order valence-electron chi connectivity index (χ2n) is 4.91. The van der Waals surface area contributed by atoms with E-state index in [1.54, 1.807) is 18.2 Å². The Morgan fingerprint density at radius 2 is 2.04 bits per heavy atom. The molecule has 0 saturated carbocycles. The molecule has 0 saturated heterocycles. The third kappa shape index (κ3) is 2.74. The molecule has 0 spiro atoms. The zero-order chi connectivity index (χ0) is 16.6. The summed E-state index contributed by atoms with van der Waals surface area (Å²) >= 11 is 5.71. The molecule has 0 bridgehead atoms. The van der Waals surface area contributed by atoms with Crippen LogP contribution in [0.1, 0.15) is 17.2 Å².